The molecule has 3 nitrogen and oxygen atoms in total. The van der Waals surface area contributed by atoms with Crippen molar-refractivity contribution in [2.45, 2.75) is 12.5 Å². The lowest BCUT2D eigenvalue weighted by Crippen LogP contribution is -2.07. The maximum atomic E-state index is 10.2. The van der Waals surface area contributed by atoms with Crippen molar-refractivity contribution in [3.63, 3.8) is 0 Å². The van der Waals surface area contributed by atoms with Crippen molar-refractivity contribution >= 4 is 40.6 Å². The molecule has 1 aromatic carbocycles. The molecule has 1 aromatic heterocycles. The normalized spacial score (nSPS) is 12.4. The van der Waals surface area contributed by atoms with Gasteiger partial charge in [0.1, 0.15) is 5.82 Å². The summed E-state index contributed by atoms with van der Waals surface area (Å²) in [6, 6.07) is 6.71. The van der Waals surface area contributed by atoms with Gasteiger partial charge in [0.2, 0.25) is 0 Å². The van der Waals surface area contributed by atoms with Gasteiger partial charge in [-0.15, -0.1) is 0 Å². The molecule has 6 heteroatoms. The van der Waals surface area contributed by atoms with Crippen LogP contribution >= 0.6 is 34.8 Å². The Morgan fingerprint density at radius 2 is 1.89 bits per heavy atom. The SMILES string of the molecule is Nc1ncc(Cl)cc1C(O)Cc1ccc(Cl)cc1Cl. The van der Waals surface area contributed by atoms with Crippen molar-refractivity contribution in [2.24, 2.45) is 0 Å². The van der Waals surface area contributed by atoms with Crippen LogP contribution in [0.15, 0.2) is 30.5 Å². The van der Waals surface area contributed by atoms with E-state index in [4.69, 9.17) is 40.5 Å². The first-order valence-electron chi connectivity index (χ1n) is 5.50. The van der Waals surface area contributed by atoms with Gasteiger partial charge in [0.25, 0.3) is 0 Å². The van der Waals surface area contributed by atoms with Crippen LogP contribution < -0.4 is 5.73 Å². The average Bonchev–Trinajstić information content (AvgIpc) is 2.35. The molecule has 0 spiro atoms. The van der Waals surface area contributed by atoms with Crippen molar-refractivity contribution in [1.29, 1.82) is 0 Å². The molecular formula is C13H11Cl3N2O. The Morgan fingerprint density at radius 3 is 2.58 bits per heavy atom. The number of hydrogen-bond donors (Lipinski definition) is 2. The fraction of sp³-hybridized carbons (Fsp3) is 0.154. The van der Waals surface area contributed by atoms with Gasteiger partial charge in [0.05, 0.1) is 11.1 Å². The van der Waals surface area contributed by atoms with Gasteiger partial charge in [0, 0.05) is 28.2 Å². The molecule has 2 aromatic rings. The fourth-order valence-corrected chi connectivity index (χ4v) is 2.39. The summed E-state index contributed by atoms with van der Waals surface area (Å²) in [6.45, 7) is 0. The third-order valence-electron chi connectivity index (χ3n) is 2.70. The number of nitrogens with two attached hydrogens (primary N) is 1. The maximum absolute atomic E-state index is 10.2. The van der Waals surface area contributed by atoms with Crippen LogP contribution in [0.2, 0.25) is 15.1 Å². The molecule has 0 amide bonds. The van der Waals surface area contributed by atoms with Gasteiger partial charge in [-0.25, -0.2) is 4.98 Å². The van der Waals surface area contributed by atoms with E-state index < -0.39 is 6.10 Å². The van der Waals surface area contributed by atoms with Gasteiger partial charge in [-0.05, 0) is 23.8 Å². The molecule has 2 rings (SSSR count). The van der Waals surface area contributed by atoms with Crippen molar-refractivity contribution in [3.8, 4) is 0 Å². The van der Waals surface area contributed by atoms with E-state index in [0.717, 1.165) is 5.56 Å². The van der Waals surface area contributed by atoms with E-state index in [2.05, 4.69) is 4.98 Å². The van der Waals surface area contributed by atoms with E-state index in [-0.39, 0.29) is 5.82 Å². The molecule has 0 saturated heterocycles. The van der Waals surface area contributed by atoms with Crippen molar-refractivity contribution in [1.82, 2.24) is 4.98 Å². The number of benzene rings is 1. The summed E-state index contributed by atoms with van der Waals surface area (Å²) in [4.78, 5) is 3.91. The lowest BCUT2D eigenvalue weighted by Gasteiger charge is -2.14. The minimum atomic E-state index is -0.829. The Morgan fingerprint density at radius 1 is 1.16 bits per heavy atom. The zero-order valence-corrected chi connectivity index (χ0v) is 12.0. The summed E-state index contributed by atoms with van der Waals surface area (Å²) in [5, 5.41) is 11.7. The van der Waals surface area contributed by atoms with Crippen LogP contribution in [0.4, 0.5) is 5.82 Å². The van der Waals surface area contributed by atoms with Crippen molar-refractivity contribution in [3.05, 3.63) is 56.7 Å². The molecule has 1 atom stereocenters. The number of nitrogens with zero attached hydrogens (tertiary/aromatic N) is 1. The van der Waals surface area contributed by atoms with Crippen LogP contribution in [0.5, 0.6) is 0 Å². The van der Waals surface area contributed by atoms with Gasteiger partial charge < -0.3 is 10.8 Å². The van der Waals surface area contributed by atoms with Crippen molar-refractivity contribution in [2.75, 3.05) is 5.73 Å². The quantitative estimate of drug-likeness (QED) is 0.902. The summed E-state index contributed by atoms with van der Waals surface area (Å²) in [5.41, 5.74) is 6.98. The molecule has 0 aliphatic heterocycles. The van der Waals surface area contributed by atoms with Crippen LogP contribution in [0.1, 0.15) is 17.2 Å². The molecule has 0 fully saturated rings. The second-order valence-corrected chi connectivity index (χ2v) is 5.36. The molecule has 0 bridgehead atoms. The minimum absolute atomic E-state index is 0.252. The summed E-state index contributed by atoms with van der Waals surface area (Å²) >= 11 is 17.7. The van der Waals surface area contributed by atoms with Gasteiger partial charge >= 0.3 is 0 Å². The lowest BCUT2D eigenvalue weighted by molar-refractivity contribution is 0.179. The van der Waals surface area contributed by atoms with Crippen LogP contribution in [0.25, 0.3) is 0 Å². The third kappa shape index (κ3) is 3.51. The van der Waals surface area contributed by atoms with E-state index in [9.17, 15) is 5.11 Å². The molecule has 19 heavy (non-hydrogen) atoms. The van der Waals surface area contributed by atoms with E-state index >= 15 is 0 Å². The predicted molar refractivity (Wildman–Crippen MR) is 78.8 cm³/mol. The molecule has 0 aliphatic carbocycles. The lowest BCUT2D eigenvalue weighted by atomic mass is 10.0. The molecule has 0 aliphatic rings. The Hall–Kier alpha value is -1.000. The minimum Gasteiger partial charge on any atom is -0.388 e. The number of pyridine rings is 1. The van der Waals surface area contributed by atoms with Gasteiger partial charge in [-0.3, -0.25) is 0 Å². The van der Waals surface area contributed by atoms with Crippen LogP contribution in [0.3, 0.4) is 0 Å². The van der Waals surface area contributed by atoms with E-state index in [0.29, 0.717) is 27.1 Å². The molecule has 1 heterocycles. The Balaban J connectivity index is 2.25. The summed E-state index contributed by atoms with van der Waals surface area (Å²) in [7, 11) is 0. The fourth-order valence-electron chi connectivity index (χ4n) is 1.74. The topological polar surface area (TPSA) is 59.1 Å². The highest BCUT2D eigenvalue weighted by molar-refractivity contribution is 6.35. The number of halogens is 3. The number of anilines is 1. The smallest absolute Gasteiger partial charge is 0.129 e. The second-order valence-electron chi connectivity index (χ2n) is 4.08. The average molecular weight is 318 g/mol. The second kappa shape index (κ2) is 5.97. The van der Waals surface area contributed by atoms with Crippen LogP contribution in [0, 0.1) is 0 Å². The Kier molecular flexibility index (Phi) is 4.53. The van der Waals surface area contributed by atoms with Crippen molar-refractivity contribution < 1.29 is 5.11 Å². The summed E-state index contributed by atoms with van der Waals surface area (Å²) < 4.78 is 0. The number of aliphatic hydroxyl groups is 1. The molecule has 3 N–H and O–H groups in total. The first-order chi connectivity index (χ1) is 8.97. The summed E-state index contributed by atoms with van der Waals surface area (Å²) in [5.74, 6) is 0.252. The number of aromatic nitrogens is 1. The maximum Gasteiger partial charge on any atom is 0.129 e. The third-order valence-corrected chi connectivity index (χ3v) is 3.50. The monoisotopic (exact) mass is 316 g/mol. The standard InChI is InChI=1S/C13H11Cl3N2O/c14-8-2-1-7(11(16)5-8)3-12(19)10-4-9(15)6-18-13(10)17/h1-2,4-6,12,19H,3H2,(H2,17,18). The highest BCUT2D eigenvalue weighted by Crippen LogP contribution is 2.28. The number of nitrogen functional groups attached to an aromatic ring is 1. The van der Waals surface area contributed by atoms with Gasteiger partial charge in [-0.2, -0.15) is 0 Å². The van der Waals surface area contributed by atoms with Gasteiger partial charge in [-0.1, -0.05) is 40.9 Å². The molecular weight excluding hydrogens is 307 g/mol. The zero-order chi connectivity index (χ0) is 14.0. The van der Waals surface area contributed by atoms with E-state index in [1.807, 2.05) is 0 Å². The Labute approximate surface area is 125 Å². The molecule has 0 radical (unpaired) electrons. The summed E-state index contributed by atoms with van der Waals surface area (Å²) in [6.07, 6.45) is 0.912. The number of rotatable bonds is 3. The van der Waals surface area contributed by atoms with E-state index in [1.54, 1.807) is 24.3 Å². The highest BCUT2D eigenvalue weighted by atomic mass is 35.5. The first-order valence-corrected chi connectivity index (χ1v) is 6.63. The highest BCUT2D eigenvalue weighted by Gasteiger charge is 2.15. The zero-order valence-electron chi connectivity index (χ0n) is 9.78. The Bertz CT molecular complexity index is 604. The molecule has 1 unspecified atom stereocenters. The van der Waals surface area contributed by atoms with Crippen LogP contribution in [-0.4, -0.2) is 10.1 Å². The molecule has 0 saturated carbocycles. The van der Waals surface area contributed by atoms with Gasteiger partial charge in [0.15, 0.2) is 0 Å². The molecule has 100 valence electrons. The first kappa shape index (κ1) is 14.4. The van der Waals surface area contributed by atoms with E-state index in [1.165, 1.54) is 6.20 Å². The number of hydrogen-bond acceptors (Lipinski definition) is 3. The largest absolute Gasteiger partial charge is 0.388 e. The van der Waals surface area contributed by atoms with Crippen LogP contribution in [-0.2, 0) is 6.42 Å². The number of aliphatic hydroxyl groups excluding tert-OH is 1. The predicted octanol–water partition coefficient (Wildman–Crippen LogP) is 3.90.